The van der Waals surface area contributed by atoms with Gasteiger partial charge in [-0.1, -0.05) is 19.9 Å². The SMILES string of the molecule is COc1ccc(C(C)C)cc1-c1cc(C(C)=O)nn1C. The molecule has 0 N–H and O–H groups in total. The Morgan fingerprint density at radius 1 is 1.30 bits per heavy atom. The van der Waals surface area contributed by atoms with Crippen LogP contribution in [-0.4, -0.2) is 22.7 Å². The number of methoxy groups -OCH3 is 1. The van der Waals surface area contributed by atoms with E-state index in [-0.39, 0.29) is 5.78 Å². The fourth-order valence-corrected chi connectivity index (χ4v) is 2.18. The molecular formula is C16H20N2O2. The molecule has 0 unspecified atom stereocenters. The predicted molar refractivity (Wildman–Crippen MR) is 79.3 cm³/mol. The molecule has 0 radical (unpaired) electrons. The summed E-state index contributed by atoms with van der Waals surface area (Å²) in [6, 6.07) is 7.94. The fraction of sp³-hybridized carbons (Fsp3) is 0.375. The summed E-state index contributed by atoms with van der Waals surface area (Å²) in [5.41, 5.74) is 3.54. The van der Waals surface area contributed by atoms with E-state index in [1.165, 1.54) is 12.5 Å². The van der Waals surface area contributed by atoms with Gasteiger partial charge in [-0.25, -0.2) is 0 Å². The predicted octanol–water partition coefficient (Wildman–Crippen LogP) is 3.42. The van der Waals surface area contributed by atoms with Crippen molar-refractivity contribution in [2.24, 2.45) is 7.05 Å². The van der Waals surface area contributed by atoms with Crippen LogP contribution in [0.2, 0.25) is 0 Å². The van der Waals surface area contributed by atoms with Crippen molar-refractivity contribution in [3.05, 3.63) is 35.5 Å². The molecule has 1 aromatic carbocycles. The Hall–Kier alpha value is -2.10. The summed E-state index contributed by atoms with van der Waals surface area (Å²) in [5.74, 6) is 1.18. The molecule has 20 heavy (non-hydrogen) atoms. The first-order valence-electron chi connectivity index (χ1n) is 6.67. The van der Waals surface area contributed by atoms with Gasteiger partial charge in [0.05, 0.1) is 12.8 Å². The van der Waals surface area contributed by atoms with Crippen molar-refractivity contribution in [1.29, 1.82) is 0 Å². The second kappa shape index (κ2) is 5.49. The summed E-state index contributed by atoms with van der Waals surface area (Å²) in [5, 5.41) is 4.25. The molecule has 2 rings (SSSR count). The number of carbonyl (C=O) groups excluding carboxylic acids is 1. The maximum atomic E-state index is 11.5. The smallest absolute Gasteiger partial charge is 0.180 e. The standard InChI is InChI=1S/C16H20N2O2/c1-10(2)12-6-7-16(20-5)13(8-12)15-9-14(11(3)19)17-18(15)4/h6-10H,1-5H3. The lowest BCUT2D eigenvalue weighted by Crippen LogP contribution is -1.99. The number of ketones is 1. The molecular weight excluding hydrogens is 252 g/mol. The minimum Gasteiger partial charge on any atom is -0.496 e. The van der Waals surface area contributed by atoms with E-state index in [0.717, 1.165) is 17.0 Å². The Bertz CT molecular complexity index is 642. The first kappa shape index (κ1) is 14.3. The Kier molecular flexibility index (Phi) is 3.93. The highest BCUT2D eigenvalue weighted by Gasteiger charge is 2.15. The van der Waals surface area contributed by atoms with Crippen LogP contribution in [0, 0.1) is 0 Å². The van der Waals surface area contributed by atoms with Crippen LogP contribution in [-0.2, 0) is 7.05 Å². The number of nitrogens with zero attached hydrogens (tertiary/aromatic N) is 2. The molecule has 0 amide bonds. The molecule has 0 spiro atoms. The van der Waals surface area contributed by atoms with Crippen molar-refractivity contribution in [3.63, 3.8) is 0 Å². The molecule has 0 atom stereocenters. The number of hydrogen-bond donors (Lipinski definition) is 0. The van der Waals surface area contributed by atoms with Crippen LogP contribution in [0.25, 0.3) is 11.3 Å². The van der Waals surface area contributed by atoms with Gasteiger partial charge in [0.15, 0.2) is 5.78 Å². The molecule has 1 aromatic heterocycles. The van der Waals surface area contributed by atoms with Crippen molar-refractivity contribution in [3.8, 4) is 17.0 Å². The number of hydrogen-bond acceptors (Lipinski definition) is 3. The molecule has 0 aliphatic rings. The van der Waals surface area contributed by atoms with Gasteiger partial charge in [-0.2, -0.15) is 5.10 Å². The number of ether oxygens (including phenoxy) is 1. The zero-order valence-electron chi connectivity index (χ0n) is 12.6. The van der Waals surface area contributed by atoms with Crippen molar-refractivity contribution in [2.45, 2.75) is 26.7 Å². The molecule has 0 fully saturated rings. The maximum Gasteiger partial charge on any atom is 0.180 e. The highest BCUT2D eigenvalue weighted by atomic mass is 16.5. The Balaban J connectivity index is 2.60. The third-order valence-electron chi connectivity index (χ3n) is 3.41. The maximum absolute atomic E-state index is 11.5. The van der Waals surface area contributed by atoms with E-state index in [2.05, 4.69) is 31.1 Å². The highest BCUT2D eigenvalue weighted by molar-refractivity contribution is 5.93. The number of aryl methyl sites for hydroxylation is 1. The first-order valence-corrected chi connectivity index (χ1v) is 6.67. The van der Waals surface area contributed by atoms with E-state index in [9.17, 15) is 4.79 Å². The van der Waals surface area contributed by atoms with Crippen molar-refractivity contribution >= 4 is 5.78 Å². The lowest BCUT2D eigenvalue weighted by Gasteiger charge is -2.12. The average Bonchev–Trinajstić information content (AvgIpc) is 2.80. The second-order valence-electron chi connectivity index (χ2n) is 5.21. The van der Waals surface area contributed by atoms with Gasteiger partial charge in [0.1, 0.15) is 11.4 Å². The van der Waals surface area contributed by atoms with E-state index in [1.807, 2.05) is 19.2 Å². The molecule has 4 heteroatoms. The molecule has 2 aromatic rings. The number of carbonyl (C=O) groups is 1. The van der Waals surface area contributed by atoms with Gasteiger partial charge >= 0.3 is 0 Å². The fourth-order valence-electron chi connectivity index (χ4n) is 2.18. The monoisotopic (exact) mass is 272 g/mol. The van der Waals surface area contributed by atoms with Gasteiger partial charge in [-0.05, 0) is 29.7 Å². The summed E-state index contributed by atoms with van der Waals surface area (Å²) < 4.78 is 7.15. The minimum atomic E-state index is -0.0363. The van der Waals surface area contributed by atoms with Crippen LogP contribution >= 0.6 is 0 Å². The lowest BCUT2D eigenvalue weighted by molar-refractivity contribution is 0.101. The summed E-state index contributed by atoms with van der Waals surface area (Å²) in [6.45, 7) is 5.82. The van der Waals surface area contributed by atoms with Crippen molar-refractivity contribution < 1.29 is 9.53 Å². The van der Waals surface area contributed by atoms with Crippen LogP contribution in [0.3, 0.4) is 0 Å². The summed E-state index contributed by atoms with van der Waals surface area (Å²) in [4.78, 5) is 11.5. The van der Waals surface area contributed by atoms with Crippen LogP contribution in [0.1, 0.15) is 42.7 Å². The summed E-state index contributed by atoms with van der Waals surface area (Å²) in [7, 11) is 3.49. The zero-order valence-corrected chi connectivity index (χ0v) is 12.6. The van der Waals surface area contributed by atoms with E-state index >= 15 is 0 Å². The summed E-state index contributed by atoms with van der Waals surface area (Å²) in [6.07, 6.45) is 0. The normalized spacial score (nSPS) is 10.9. The molecule has 4 nitrogen and oxygen atoms in total. The number of rotatable bonds is 4. The third-order valence-corrected chi connectivity index (χ3v) is 3.41. The second-order valence-corrected chi connectivity index (χ2v) is 5.21. The quantitative estimate of drug-likeness (QED) is 0.801. The first-order chi connectivity index (χ1) is 9.43. The number of aromatic nitrogens is 2. The topological polar surface area (TPSA) is 44.1 Å². The van der Waals surface area contributed by atoms with E-state index in [1.54, 1.807) is 11.8 Å². The van der Waals surface area contributed by atoms with E-state index < -0.39 is 0 Å². The molecule has 0 saturated carbocycles. The molecule has 0 saturated heterocycles. The molecule has 0 aliphatic heterocycles. The van der Waals surface area contributed by atoms with Crippen molar-refractivity contribution in [2.75, 3.05) is 7.11 Å². The third kappa shape index (κ3) is 2.59. The molecule has 106 valence electrons. The highest BCUT2D eigenvalue weighted by Crippen LogP contribution is 2.33. The van der Waals surface area contributed by atoms with Gasteiger partial charge in [0, 0.05) is 19.5 Å². The number of benzene rings is 1. The van der Waals surface area contributed by atoms with Crippen LogP contribution in [0.4, 0.5) is 0 Å². The van der Waals surface area contributed by atoms with E-state index in [0.29, 0.717) is 11.6 Å². The van der Waals surface area contributed by atoms with Gasteiger partial charge < -0.3 is 4.74 Å². The summed E-state index contributed by atoms with van der Waals surface area (Å²) >= 11 is 0. The van der Waals surface area contributed by atoms with E-state index in [4.69, 9.17) is 4.74 Å². The Morgan fingerprint density at radius 3 is 2.50 bits per heavy atom. The molecule has 0 aliphatic carbocycles. The van der Waals surface area contributed by atoms with Crippen molar-refractivity contribution in [1.82, 2.24) is 9.78 Å². The number of Topliss-reactive ketones (excluding diaryl/α,β-unsaturated/α-hetero) is 1. The molecule has 0 bridgehead atoms. The minimum absolute atomic E-state index is 0.0363. The van der Waals surface area contributed by atoms with Crippen LogP contribution in [0.5, 0.6) is 5.75 Å². The van der Waals surface area contributed by atoms with Gasteiger partial charge in [0.2, 0.25) is 0 Å². The van der Waals surface area contributed by atoms with Crippen LogP contribution < -0.4 is 4.74 Å². The van der Waals surface area contributed by atoms with Gasteiger partial charge in [0.25, 0.3) is 0 Å². The lowest BCUT2D eigenvalue weighted by atomic mass is 9.98. The Labute approximate surface area is 119 Å². The molecule has 1 heterocycles. The van der Waals surface area contributed by atoms with Gasteiger partial charge in [-0.3, -0.25) is 9.48 Å². The largest absolute Gasteiger partial charge is 0.496 e. The average molecular weight is 272 g/mol. The Morgan fingerprint density at radius 2 is 2.00 bits per heavy atom. The van der Waals surface area contributed by atoms with Gasteiger partial charge in [-0.15, -0.1) is 0 Å². The zero-order chi connectivity index (χ0) is 14.9. The van der Waals surface area contributed by atoms with Crippen LogP contribution in [0.15, 0.2) is 24.3 Å².